The van der Waals surface area contributed by atoms with E-state index in [1.54, 1.807) is 17.0 Å². The Bertz CT molecular complexity index is 1000. The summed E-state index contributed by atoms with van der Waals surface area (Å²) in [6.45, 7) is 3.87. The summed E-state index contributed by atoms with van der Waals surface area (Å²) in [7, 11) is 2.11. The summed E-state index contributed by atoms with van der Waals surface area (Å²) in [4.78, 5) is 29.5. The number of carbonyl (C=O) groups excluding carboxylic acids is 1. The molecule has 0 spiro atoms. The van der Waals surface area contributed by atoms with E-state index >= 15 is 0 Å². The molecule has 0 bridgehead atoms. The summed E-state index contributed by atoms with van der Waals surface area (Å²) in [6, 6.07) is 6.39. The maximum atomic E-state index is 13.7. The van der Waals surface area contributed by atoms with E-state index in [1.807, 2.05) is 0 Å². The molecule has 7 nitrogen and oxygen atoms in total. The molecule has 5 rings (SSSR count). The van der Waals surface area contributed by atoms with E-state index in [1.165, 1.54) is 44.2 Å². The van der Waals surface area contributed by atoms with Crippen LogP contribution in [0.1, 0.15) is 53.7 Å². The minimum Gasteiger partial charge on any atom is -0.378 e. The SMILES string of the molecule is CN(c1nc2c(c(N3CCOCC3)n1)CN(C(=O)c1cccc(F)c1)CC2)C1CCCCC1. The Kier molecular flexibility index (Phi) is 6.44. The van der Waals surface area contributed by atoms with E-state index in [4.69, 9.17) is 14.7 Å². The third-order valence-electron chi connectivity index (χ3n) is 7.13. The lowest BCUT2D eigenvalue weighted by Gasteiger charge is -2.37. The number of morpholine rings is 1. The van der Waals surface area contributed by atoms with E-state index in [9.17, 15) is 9.18 Å². The van der Waals surface area contributed by atoms with Crippen molar-refractivity contribution in [2.45, 2.75) is 51.1 Å². The molecule has 33 heavy (non-hydrogen) atoms. The minimum atomic E-state index is -0.397. The van der Waals surface area contributed by atoms with Gasteiger partial charge in [0.1, 0.15) is 11.6 Å². The summed E-state index contributed by atoms with van der Waals surface area (Å²) >= 11 is 0. The van der Waals surface area contributed by atoms with Gasteiger partial charge < -0.3 is 19.4 Å². The number of aromatic nitrogens is 2. The zero-order chi connectivity index (χ0) is 22.8. The molecule has 0 radical (unpaired) electrons. The molecule has 176 valence electrons. The maximum absolute atomic E-state index is 13.7. The highest BCUT2D eigenvalue weighted by atomic mass is 19.1. The lowest BCUT2D eigenvalue weighted by Crippen LogP contribution is -2.42. The third-order valence-corrected chi connectivity index (χ3v) is 7.13. The van der Waals surface area contributed by atoms with Gasteiger partial charge in [-0.25, -0.2) is 9.37 Å². The Morgan fingerprint density at radius 3 is 2.67 bits per heavy atom. The Labute approximate surface area is 194 Å². The van der Waals surface area contributed by atoms with Gasteiger partial charge in [0.15, 0.2) is 0 Å². The number of ether oxygens (including phenoxy) is 1. The number of hydrogen-bond donors (Lipinski definition) is 0. The van der Waals surface area contributed by atoms with Crippen LogP contribution in [0, 0.1) is 5.82 Å². The molecular weight excluding hydrogens is 421 g/mol. The van der Waals surface area contributed by atoms with Crippen LogP contribution in [0.4, 0.5) is 16.2 Å². The lowest BCUT2D eigenvalue weighted by molar-refractivity contribution is 0.0732. The topological polar surface area (TPSA) is 61.8 Å². The molecule has 1 saturated carbocycles. The van der Waals surface area contributed by atoms with Gasteiger partial charge in [-0.15, -0.1) is 0 Å². The van der Waals surface area contributed by atoms with Crippen molar-refractivity contribution >= 4 is 17.7 Å². The Morgan fingerprint density at radius 2 is 1.91 bits per heavy atom. The molecule has 3 aliphatic rings. The molecule has 2 aromatic rings. The Hall–Kier alpha value is -2.74. The van der Waals surface area contributed by atoms with E-state index in [-0.39, 0.29) is 5.91 Å². The maximum Gasteiger partial charge on any atom is 0.254 e. The molecule has 0 N–H and O–H groups in total. The number of amides is 1. The molecule has 3 heterocycles. The zero-order valence-electron chi connectivity index (χ0n) is 19.3. The molecule has 1 amide bonds. The second kappa shape index (κ2) is 9.63. The molecule has 0 unspecified atom stereocenters. The monoisotopic (exact) mass is 453 g/mol. The van der Waals surface area contributed by atoms with Crippen LogP contribution in [0.3, 0.4) is 0 Å². The first-order chi connectivity index (χ1) is 16.1. The normalized spacial score (nSPS) is 19.3. The summed E-state index contributed by atoms with van der Waals surface area (Å²) in [5.74, 6) is 1.15. The van der Waals surface area contributed by atoms with Crippen molar-refractivity contribution in [1.29, 1.82) is 0 Å². The molecule has 2 fully saturated rings. The zero-order valence-corrected chi connectivity index (χ0v) is 19.3. The number of benzene rings is 1. The fourth-order valence-corrected chi connectivity index (χ4v) is 5.19. The molecule has 0 atom stereocenters. The molecule has 8 heteroatoms. The van der Waals surface area contributed by atoms with Gasteiger partial charge in [0.25, 0.3) is 5.91 Å². The van der Waals surface area contributed by atoms with Crippen LogP contribution in [0.5, 0.6) is 0 Å². The van der Waals surface area contributed by atoms with Gasteiger partial charge in [-0.2, -0.15) is 4.98 Å². The Morgan fingerprint density at radius 1 is 1.12 bits per heavy atom. The largest absolute Gasteiger partial charge is 0.378 e. The Balaban J connectivity index is 1.46. The van der Waals surface area contributed by atoms with Gasteiger partial charge in [-0.3, -0.25) is 4.79 Å². The van der Waals surface area contributed by atoms with Crippen LogP contribution < -0.4 is 9.80 Å². The number of hydrogen-bond acceptors (Lipinski definition) is 6. The highest BCUT2D eigenvalue weighted by Crippen LogP contribution is 2.32. The molecule has 1 aromatic carbocycles. The number of anilines is 2. The summed E-state index contributed by atoms with van der Waals surface area (Å²) < 4.78 is 19.3. The van der Waals surface area contributed by atoms with E-state index in [0.29, 0.717) is 44.3 Å². The van der Waals surface area contributed by atoms with Crippen LogP contribution in [0.25, 0.3) is 0 Å². The second-order valence-electron chi connectivity index (χ2n) is 9.26. The number of fused-ring (bicyclic) bond motifs is 1. The number of carbonyl (C=O) groups is 1. The molecule has 1 aliphatic carbocycles. The quantitative estimate of drug-likeness (QED) is 0.707. The predicted octanol–water partition coefficient (Wildman–Crippen LogP) is 3.42. The van der Waals surface area contributed by atoms with Crippen LogP contribution in [0.15, 0.2) is 24.3 Å². The van der Waals surface area contributed by atoms with Gasteiger partial charge in [-0.1, -0.05) is 25.3 Å². The van der Waals surface area contributed by atoms with Gasteiger partial charge >= 0.3 is 0 Å². The van der Waals surface area contributed by atoms with Gasteiger partial charge in [0.05, 0.1) is 25.5 Å². The van der Waals surface area contributed by atoms with Crippen molar-refractivity contribution in [3.05, 3.63) is 46.9 Å². The first-order valence-corrected chi connectivity index (χ1v) is 12.1. The predicted molar refractivity (Wildman–Crippen MR) is 125 cm³/mol. The number of nitrogens with zero attached hydrogens (tertiary/aromatic N) is 5. The van der Waals surface area contributed by atoms with Crippen LogP contribution in [0.2, 0.25) is 0 Å². The summed E-state index contributed by atoms with van der Waals surface area (Å²) in [5, 5.41) is 0. The summed E-state index contributed by atoms with van der Waals surface area (Å²) in [5.41, 5.74) is 2.40. The van der Waals surface area contributed by atoms with Crippen LogP contribution >= 0.6 is 0 Å². The minimum absolute atomic E-state index is 0.156. The molecule has 1 aromatic heterocycles. The van der Waals surface area contributed by atoms with Crippen molar-refractivity contribution in [3.8, 4) is 0 Å². The molecular formula is C25H32FN5O2. The number of rotatable bonds is 4. The first-order valence-electron chi connectivity index (χ1n) is 12.1. The molecule has 1 saturated heterocycles. The van der Waals surface area contributed by atoms with Crippen molar-refractivity contribution in [3.63, 3.8) is 0 Å². The number of halogens is 1. The van der Waals surface area contributed by atoms with E-state index < -0.39 is 5.82 Å². The lowest BCUT2D eigenvalue weighted by atomic mass is 9.95. The second-order valence-corrected chi connectivity index (χ2v) is 9.26. The van der Waals surface area contributed by atoms with E-state index in [0.717, 1.165) is 36.1 Å². The standard InChI is InChI=1S/C25H32FN5O2/c1-29(20-8-3-2-4-9-20)25-27-22-10-11-31(24(32)18-6-5-7-19(26)16-18)17-21(22)23(28-25)30-12-14-33-15-13-30/h5-7,16,20H,2-4,8-15,17H2,1H3. The van der Waals surface area contributed by atoms with Crippen LogP contribution in [-0.4, -0.2) is 66.7 Å². The van der Waals surface area contributed by atoms with Crippen molar-refractivity contribution in [1.82, 2.24) is 14.9 Å². The average Bonchev–Trinajstić information content (AvgIpc) is 2.88. The third kappa shape index (κ3) is 4.67. The van der Waals surface area contributed by atoms with Crippen molar-refractivity contribution < 1.29 is 13.9 Å². The fraction of sp³-hybridized carbons (Fsp3) is 0.560. The highest BCUT2D eigenvalue weighted by Gasteiger charge is 2.30. The van der Waals surface area contributed by atoms with Crippen LogP contribution in [-0.2, 0) is 17.7 Å². The van der Waals surface area contributed by atoms with E-state index in [2.05, 4.69) is 16.8 Å². The smallest absolute Gasteiger partial charge is 0.254 e. The van der Waals surface area contributed by atoms with Crippen molar-refractivity contribution in [2.75, 3.05) is 49.7 Å². The van der Waals surface area contributed by atoms with Gasteiger partial charge in [0.2, 0.25) is 5.95 Å². The van der Waals surface area contributed by atoms with Gasteiger partial charge in [0, 0.05) is 50.3 Å². The van der Waals surface area contributed by atoms with Gasteiger partial charge in [-0.05, 0) is 31.0 Å². The fourth-order valence-electron chi connectivity index (χ4n) is 5.19. The summed E-state index contributed by atoms with van der Waals surface area (Å²) in [6.07, 6.45) is 6.85. The first kappa shape index (κ1) is 22.1. The average molecular weight is 454 g/mol. The molecule has 2 aliphatic heterocycles. The van der Waals surface area contributed by atoms with Crippen molar-refractivity contribution in [2.24, 2.45) is 0 Å². The highest BCUT2D eigenvalue weighted by molar-refractivity contribution is 5.94.